The minimum Gasteiger partial charge on any atom is -0.481 e. The fraction of sp³-hybridized carbons (Fsp3) is 0.462. The predicted molar refractivity (Wildman–Crippen MR) is 65.8 cm³/mol. The molecule has 0 aliphatic carbocycles. The van der Waals surface area contributed by atoms with Gasteiger partial charge < -0.3 is 14.7 Å². The normalized spacial score (nSPS) is 12.7. The van der Waals surface area contributed by atoms with Gasteiger partial charge in [-0.15, -0.1) is 0 Å². The Hall–Kier alpha value is -1.39. The van der Waals surface area contributed by atoms with Crippen LogP contribution >= 0.6 is 0 Å². The molecule has 0 amide bonds. The standard InChI is InChI=1S/C13H19NO3/c1-14(2)12(8-13(15)16)11-7-5-4-6-10(11)9-17-3/h4-7,12H,8-9H2,1-3H3,(H,15,16). The maximum Gasteiger partial charge on any atom is 0.305 e. The molecule has 1 aromatic carbocycles. The molecule has 0 fully saturated rings. The van der Waals surface area contributed by atoms with Crippen LogP contribution in [-0.2, 0) is 16.1 Å². The summed E-state index contributed by atoms with van der Waals surface area (Å²) in [7, 11) is 5.41. The van der Waals surface area contributed by atoms with E-state index in [0.29, 0.717) is 6.61 Å². The molecular formula is C13H19NO3. The first-order valence-corrected chi connectivity index (χ1v) is 5.51. The van der Waals surface area contributed by atoms with Gasteiger partial charge in [-0.1, -0.05) is 24.3 Å². The second-order valence-corrected chi connectivity index (χ2v) is 4.21. The van der Waals surface area contributed by atoms with Crippen LogP contribution in [0.1, 0.15) is 23.6 Å². The first-order chi connectivity index (χ1) is 8.06. The third kappa shape index (κ3) is 3.84. The van der Waals surface area contributed by atoms with Crippen molar-refractivity contribution in [3.63, 3.8) is 0 Å². The topological polar surface area (TPSA) is 49.8 Å². The molecule has 0 aromatic heterocycles. The number of hydrogen-bond acceptors (Lipinski definition) is 3. The monoisotopic (exact) mass is 237 g/mol. The number of ether oxygens (including phenoxy) is 1. The van der Waals surface area contributed by atoms with Crippen molar-refractivity contribution in [2.45, 2.75) is 19.1 Å². The molecule has 1 rings (SSSR count). The average molecular weight is 237 g/mol. The fourth-order valence-corrected chi connectivity index (χ4v) is 1.88. The van der Waals surface area contributed by atoms with Gasteiger partial charge in [0, 0.05) is 13.2 Å². The summed E-state index contributed by atoms with van der Waals surface area (Å²) in [5.41, 5.74) is 2.05. The molecule has 4 nitrogen and oxygen atoms in total. The number of aliphatic carboxylic acids is 1. The summed E-state index contributed by atoms with van der Waals surface area (Å²) in [4.78, 5) is 12.8. The van der Waals surface area contributed by atoms with Crippen LogP contribution in [0.5, 0.6) is 0 Å². The van der Waals surface area contributed by atoms with Crippen LogP contribution in [0.15, 0.2) is 24.3 Å². The molecule has 0 bridgehead atoms. The minimum atomic E-state index is -0.795. The van der Waals surface area contributed by atoms with Crippen LogP contribution in [-0.4, -0.2) is 37.2 Å². The lowest BCUT2D eigenvalue weighted by atomic mass is 9.97. The van der Waals surface area contributed by atoms with E-state index in [4.69, 9.17) is 9.84 Å². The Morgan fingerprint density at radius 2 is 2.06 bits per heavy atom. The van der Waals surface area contributed by atoms with Gasteiger partial charge in [-0.2, -0.15) is 0 Å². The largest absolute Gasteiger partial charge is 0.481 e. The summed E-state index contributed by atoms with van der Waals surface area (Å²) in [5.74, 6) is -0.795. The Morgan fingerprint density at radius 1 is 1.41 bits per heavy atom. The van der Waals surface area contributed by atoms with Crippen molar-refractivity contribution in [3.8, 4) is 0 Å². The van der Waals surface area contributed by atoms with Gasteiger partial charge in [0.15, 0.2) is 0 Å². The Balaban J connectivity index is 3.04. The second-order valence-electron chi connectivity index (χ2n) is 4.21. The quantitative estimate of drug-likeness (QED) is 0.821. The average Bonchev–Trinajstić information content (AvgIpc) is 2.27. The SMILES string of the molecule is COCc1ccccc1C(CC(=O)O)N(C)C. The van der Waals surface area contributed by atoms with E-state index < -0.39 is 5.97 Å². The summed E-state index contributed by atoms with van der Waals surface area (Å²) in [6, 6.07) is 7.66. The summed E-state index contributed by atoms with van der Waals surface area (Å²) in [5, 5.41) is 8.96. The number of benzene rings is 1. The summed E-state index contributed by atoms with van der Waals surface area (Å²) >= 11 is 0. The first-order valence-electron chi connectivity index (χ1n) is 5.51. The van der Waals surface area contributed by atoms with E-state index in [1.165, 1.54) is 0 Å². The summed E-state index contributed by atoms with van der Waals surface area (Å²) in [6.45, 7) is 0.500. The van der Waals surface area contributed by atoms with E-state index in [2.05, 4.69) is 0 Å². The van der Waals surface area contributed by atoms with E-state index >= 15 is 0 Å². The van der Waals surface area contributed by atoms with Gasteiger partial charge >= 0.3 is 5.97 Å². The van der Waals surface area contributed by atoms with Crippen LogP contribution in [0, 0.1) is 0 Å². The number of hydrogen-bond donors (Lipinski definition) is 1. The third-order valence-electron chi connectivity index (χ3n) is 2.71. The highest BCUT2D eigenvalue weighted by Crippen LogP contribution is 2.25. The molecule has 1 atom stereocenters. The van der Waals surface area contributed by atoms with Crippen molar-refractivity contribution in [2.24, 2.45) is 0 Å². The zero-order chi connectivity index (χ0) is 12.8. The molecule has 0 saturated carbocycles. The number of carboxylic acid groups (broad SMARTS) is 1. The van der Waals surface area contributed by atoms with Crippen LogP contribution in [0.2, 0.25) is 0 Å². The van der Waals surface area contributed by atoms with Gasteiger partial charge in [-0.05, 0) is 25.2 Å². The minimum absolute atomic E-state index is 0.0910. The van der Waals surface area contributed by atoms with Gasteiger partial charge in [0.1, 0.15) is 0 Å². The van der Waals surface area contributed by atoms with E-state index in [1.54, 1.807) is 7.11 Å². The lowest BCUT2D eigenvalue weighted by molar-refractivity contribution is -0.138. The van der Waals surface area contributed by atoms with Gasteiger partial charge in [0.05, 0.1) is 13.0 Å². The molecule has 94 valence electrons. The Morgan fingerprint density at radius 3 is 2.59 bits per heavy atom. The molecule has 0 aliphatic rings. The van der Waals surface area contributed by atoms with Gasteiger partial charge in [0.25, 0.3) is 0 Å². The molecule has 1 N–H and O–H groups in total. The predicted octanol–water partition coefficient (Wildman–Crippen LogP) is 1.91. The Kier molecular flexibility index (Phi) is 5.12. The van der Waals surface area contributed by atoms with Crippen LogP contribution < -0.4 is 0 Å². The summed E-state index contributed by atoms with van der Waals surface area (Å²) in [6.07, 6.45) is 0.0910. The number of nitrogens with zero attached hydrogens (tertiary/aromatic N) is 1. The molecule has 0 spiro atoms. The van der Waals surface area contributed by atoms with Crippen LogP contribution in [0.4, 0.5) is 0 Å². The van der Waals surface area contributed by atoms with Crippen molar-refractivity contribution in [3.05, 3.63) is 35.4 Å². The first kappa shape index (κ1) is 13.7. The van der Waals surface area contributed by atoms with Crippen molar-refractivity contribution >= 4 is 5.97 Å². The smallest absolute Gasteiger partial charge is 0.305 e. The molecule has 1 aromatic rings. The van der Waals surface area contributed by atoms with Crippen molar-refractivity contribution < 1.29 is 14.6 Å². The van der Waals surface area contributed by atoms with Gasteiger partial charge in [-0.3, -0.25) is 4.79 Å². The van der Waals surface area contributed by atoms with Crippen molar-refractivity contribution in [1.82, 2.24) is 4.90 Å². The highest BCUT2D eigenvalue weighted by atomic mass is 16.5. The maximum atomic E-state index is 10.9. The molecule has 0 aliphatic heterocycles. The van der Waals surface area contributed by atoms with E-state index in [1.807, 2.05) is 43.3 Å². The number of methoxy groups -OCH3 is 1. The van der Waals surface area contributed by atoms with E-state index in [0.717, 1.165) is 11.1 Å². The third-order valence-corrected chi connectivity index (χ3v) is 2.71. The van der Waals surface area contributed by atoms with Crippen LogP contribution in [0.3, 0.4) is 0 Å². The van der Waals surface area contributed by atoms with E-state index in [9.17, 15) is 4.79 Å². The van der Waals surface area contributed by atoms with Gasteiger partial charge in [0.2, 0.25) is 0 Å². The second kappa shape index (κ2) is 6.37. The Bertz CT molecular complexity index is 377. The molecular weight excluding hydrogens is 218 g/mol. The van der Waals surface area contributed by atoms with Crippen LogP contribution in [0.25, 0.3) is 0 Å². The molecule has 1 unspecified atom stereocenters. The number of carbonyl (C=O) groups is 1. The highest BCUT2D eigenvalue weighted by Gasteiger charge is 2.20. The molecule has 17 heavy (non-hydrogen) atoms. The van der Waals surface area contributed by atoms with Crippen molar-refractivity contribution in [1.29, 1.82) is 0 Å². The van der Waals surface area contributed by atoms with E-state index in [-0.39, 0.29) is 12.5 Å². The number of rotatable bonds is 6. The Labute approximate surface area is 102 Å². The molecule has 0 heterocycles. The maximum absolute atomic E-state index is 10.9. The molecule has 0 radical (unpaired) electrons. The molecule has 4 heteroatoms. The van der Waals surface area contributed by atoms with Crippen molar-refractivity contribution in [2.75, 3.05) is 21.2 Å². The number of carboxylic acids is 1. The fourth-order valence-electron chi connectivity index (χ4n) is 1.88. The highest BCUT2D eigenvalue weighted by molar-refractivity contribution is 5.68. The molecule has 0 saturated heterocycles. The summed E-state index contributed by atoms with van der Waals surface area (Å²) < 4.78 is 5.14. The van der Waals surface area contributed by atoms with Gasteiger partial charge in [-0.25, -0.2) is 0 Å². The lowest BCUT2D eigenvalue weighted by Crippen LogP contribution is -2.24. The zero-order valence-corrected chi connectivity index (χ0v) is 10.5. The lowest BCUT2D eigenvalue weighted by Gasteiger charge is -2.25. The zero-order valence-electron chi connectivity index (χ0n) is 10.5.